The molecule has 42 heavy (non-hydrogen) atoms. The molecule has 0 saturated carbocycles. The summed E-state index contributed by atoms with van der Waals surface area (Å²) in [6, 6.07) is 17.4. The summed E-state index contributed by atoms with van der Waals surface area (Å²) in [5.41, 5.74) is 0.947. The van der Waals surface area contributed by atoms with Gasteiger partial charge in [-0.25, -0.2) is 4.99 Å². The summed E-state index contributed by atoms with van der Waals surface area (Å²) in [5, 5.41) is 0. The van der Waals surface area contributed by atoms with Crippen molar-refractivity contribution in [2.45, 2.75) is 90.5 Å². The normalized spacial score (nSPS) is 37.6. The van der Waals surface area contributed by atoms with Gasteiger partial charge in [0.25, 0.3) is 5.90 Å². The van der Waals surface area contributed by atoms with Crippen LogP contribution in [-0.2, 0) is 28.4 Å². The highest BCUT2D eigenvalue weighted by molar-refractivity contribution is 5.84. The SMILES string of the molecule is CCC1O[C@H](OC2C(OC(=Nc3ccccc3)C(F)(F)F)OC3COC(c4ccccc4)O[C@H]3[C@@H]2C)C(C)[C@@H](C)[C@@H]1C. The van der Waals surface area contributed by atoms with Gasteiger partial charge in [0.2, 0.25) is 6.29 Å². The molecule has 3 fully saturated rings. The topological polar surface area (TPSA) is 67.7 Å². The maximum Gasteiger partial charge on any atom is 0.468 e. The van der Waals surface area contributed by atoms with Crippen LogP contribution in [0.5, 0.6) is 0 Å². The zero-order valence-corrected chi connectivity index (χ0v) is 24.6. The van der Waals surface area contributed by atoms with E-state index in [1.54, 1.807) is 18.2 Å². The second-order valence-corrected chi connectivity index (χ2v) is 11.6. The van der Waals surface area contributed by atoms with E-state index in [2.05, 4.69) is 25.8 Å². The maximum absolute atomic E-state index is 14.2. The fraction of sp³-hybridized carbons (Fsp3) is 0.594. The molecule has 2 aromatic rings. The lowest BCUT2D eigenvalue weighted by molar-refractivity contribution is -0.371. The Morgan fingerprint density at radius 2 is 1.50 bits per heavy atom. The molecule has 0 spiro atoms. The highest BCUT2D eigenvalue weighted by atomic mass is 19.4. The van der Waals surface area contributed by atoms with Gasteiger partial charge in [0.05, 0.1) is 24.5 Å². The number of fused-ring (bicyclic) bond motifs is 1. The van der Waals surface area contributed by atoms with Crippen molar-refractivity contribution in [3.63, 3.8) is 0 Å². The van der Waals surface area contributed by atoms with Crippen LogP contribution in [0.15, 0.2) is 65.7 Å². The van der Waals surface area contributed by atoms with E-state index in [0.29, 0.717) is 5.92 Å². The van der Waals surface area contributed by atoms with Gasteiger partial charge in [-0.1, -0.05) is 83.1 Å². The van der Waals surface area contributed by atoms with Crippen LogP contribution in [0.2, 0.25) is 0 Å². The molecule has 11 atom stereocenters. The van der Waals surface area contributed by atoms with Gasteiger partial charge in [-0.05, 0) is 30.4 Å². The highest BCUT2D eigenvalue weighted by Crippen LogP contribution is 2.42. The lowest BCUT2D eigenvalue weighted by atomic mass is 9.78. The number of nitrogens with zero attached hydrogens (tertiary/aromatic N) is 1. The number of alkyl halides is 3. The van der Waals surface area contributed by atoms with Crippen LogP contribution in [0.3, 0.4) is 0 Å². The summed E-state index contributed by atoms with van der Waals surface area (Å²) < 4.78 is 79.7. The molecule has 3 aliphatic heterocycles. The summed E-state index contributed by atoms with van der Waals surface area (Å²) in [5.74, 6) is -1.28. The molecule has 3 saturated heterocycles. The summed E-state index contributed by atoms with van der Waals surface area (Å²) in [4.78, 5) is 3.79. The number of para-hydroxylation sites is 1. The average molecular weight is 592 g/mol. The van der Waals surface area contributed by atoms with Gasteiger partial charge in [-0.2, -0.15) is 13.2 Å². The summed E-state index contributed by atoms with van der Waals surface area (Å²) >= 11 is 0. The van der Waals surface area contributed by atoms with E-state index < -0.39 is 55.2 Å². The van der Waals surface area contributed by atoms with Crippen LogP contribution in [0.25, 0.3) is 0 Å². The second-order valence-electron chi connectivity index (χ2n) is 11.6. The molecular weight excluding hydrogens is 551 g/mol. The first-order valence-corrected chi connectivity index (χ1v) is 14.7. The minimum atomic E-state index is -4.87. The van der Waals surface area contributed by atoms with Crippen LogP contribution in [-0.4, -0.2) is 55.7 Å². The molecule has 2 aromatic carbocycles. The highest BCUT2D eigenvalue weighted by Gasteiger charge is 2.53. The minimum Gasteiger partial charge on any atom is -0.441 e. The molecular formula is C32H40F3NO6. The number of aliphatic imine (C=N–C) groups is 1. The Bertz CT molecular complexity index is 1180. The Labute approximate surface area is 245 Å². The first kappa shape index (κ1) is 30.9. The molecule has 10 heteroatoms. The van der Waals surface area contributed by atoms with Crippen LogP contribution in [0.4, 0.5) is 18.9 Å². The molecule has 6 unspecified atom stereocenters. The quantitative estimate of drug-likeness (QED) is 0.262. The zero-order valence-electron chi connectivity index (χ0n) is 24.6. The van der Waals surface area contributed by atoms with Gasteiger partial charge < -0.3 is 28.4 Å². The Morgan fingerprint density at radius 1 is 0.833 bits per heavy atom. The van der Waals surface area contributed by atoms with Gasteiger partial charge in [-0.3, -0.25) is 0 Å². The molecule has 5 rings (SSSR count). The Balaban J connectivity index is 1.44. The molecule has 230 valence electrons. The molecule has 0 N–H and O–H groups in total. The van der Waals surface area contributed by atoms with E-state index in [0.717, 1.165) is 12.0 Å². The zero-order chi connectivity index (χ0) is 30.0. The van der Waals surface area contributed by atoms with Gasteiger partial charge >= 0.3 is 6.18 Å². The second kappa shape index (κ2) is 13.0. The number of halogens is 3. The van der Waals surface area contributed by atoms with Crippen molar-refractivity contribution >= 4 is 11.6 Å². The molecule has 3 heterocycles. The van der Waals surface area contributed by atoms with E-state index in [-0.39, 0.29) is 30.2 Å². The van der Waals surface area contributed by atoms with Crippen molar-refractivity contribution in [2.24, 2.45) is 28.7 Å². The smallest absolute Gasteiger partial charge is 0.441 e. The van der Waals surface area contributed by atoms with E-state index >= 15 is 0 Å². The van der Waals surface area contributed by atoms with Crippen molar-refractivity contribution in [2.75, 3.05) is 6.61 Å². The molecule has 0 amide bonds. The van der Waals surface area contributed by atoms with E-state index in [9.17, 15) is 13.2 Å². The minimum absolute atomic E-state index is 0.0129. The Kier molecular flexibility index (Phi) is 9.59. The molecule has 0 radical (unpaired) electrons. The number of rotatable bonds is 6. The summed E-state index contributed by atoms with van der Waals surface area (Å²) in [7, 11) is 0. The van der Waals surface area contributed by atoms with Crippen LogP contribution in [0.1, 0.15) is 52.9 Å². The van der Waals surface area contributed by atoms with Crippen molar-refractivity contribution in [1.82, 2.24) is 0 Å². The standard InChI is InChI=1S/C32H40F3NO6/c1-6-24-19(3)18(2)20(4)28(38-24)41-27-21(5)26-25(17-37-29(40-26)22-13-9-7-10-14-22)39-30(27)42-31(32(33,34)35)36-23-15-11-8-12-16-23/h7-16,18-21,24-30H,6,17H2,1-5H3/t18-,19-,20?,21-,24?,25?,26-,27?,28+,29?,30?/m0/s1. The predicted molar refractivity (Wildman–Crippen MR) is 150 cm³/mol. The maximum atomic E-state index is 14.2. The van der Waals surface area contributed by atoms with Crippen molar-refractivity contribution in [1.29, 1.82) is 0 Å². The first-order chi connectivity index (χ1) is 20.1. The number of benzene rings is 2. The average Bonchev–Trinajstić information content (AvgIpc) is 2.99. The third kappa shape index (κ3) is 6.68. The third-order valence-corrected chi connectivity index (χ3v) is 8.88. The van der Waals surface area contributed by atoms with Crippen LogP contribution in [0, 0.1) is 23.7 Å². The van der Waals surface area contributed by atoms with E-state index in [1.807, 2.05) is 44.2 Å². The summed E-state index contributed by atoms with van der Waals surface area (Å²) in [6.45, 7) is 10.4. The molecule has 0 aliphatic carbocycles. The fourth-order valence-electron chi connectivity index (χ4n) is 6.03. The molecule has 0 bridgehead atoms. The molecule has 3 aliphatic rings. The van der Waals surface area contributed by atoms with Crippen LogP contribution >= 0.6 is 0 Å². The largest absolute Gasteiger partial charge is 0.468 e. The Hall–Kier alpha value is -2.50. The molecule has 7 nitrogen and oxygen atoms in total. The lowest BCUT2D eigenvalue weighted by Gasteiger charge is -2.50. The number of ether oxygens (including phenoxy) is 6. The fourth-order valence-corrected chi connectivity index (χ4v) is 6.03. The van der Waals surface area contributed by atoms with Crippen molar-refractivity contribution in [3.05, 3.63) is 66.2 Å². The Morgan fingerprint density at radius 3 is 2.14 bits per heavy atom. The number of hydrogen-bond acceptors (Lipinski definition) is 7. The van der Waals surface area contributed by atoms with Gasteiger partial charge in [-0.15, -0.1) is 0 Å². The molecule has 0 aromatic heterocycles. The van der Waals surface area contributed by atoms with Gasteiger partial charge in [0, 0.05) is 17.4 Å². The van der Waals surface area contributed by atoms with Gasteiger partial charge in [0.1, 0.15) is 12.2 Å². The van der Waals surface area contributed by atoms with Crippen LogP contribution < -0.4 is 0 Å². The van der Waals surface area contributed by atoms with Crippen molar-refractivity contribution in [3.8, 4) is 0 Å². The third-order valence-electron chi connectivity index (χ3n) is 8.88. The lowest BCUT2D eigenvalue weighted by Crippen LogP contribution is -2.61. The number of hydrogen-bond donors (Lipinski definition) is 0. The van der Waals surface area contributed by atoms with E-state index in [1.165, 1.54) is 12.1 Å². The van der Waals surface area contributed by atoms with Crippen molar-refractivity contribution < 1.29 is 41.6 Å². The first-order valence-electron chi connectivity index (χ1n) is 14.7. The summed E-state index contributed by atoms with van der Waals surface area (Å²) in [6.07, 6.45) is -9.00. The van der Waals surface area contributed by atoms with Gasteiger partial charge in [0.15, 0.2) is 12.6 Å². The predicted octanol–water partition coefficient (Wildman–Crippen LogP) is 7.20. The van der Waals surface area contributed by atoms with E-state index in [4.69, 9.17) is 28.4 Å². The monoisotopic (exact) mass is 591 g/mol.